The van der Waals surface area contributed by atoms with E-state index >= 15 is 8.78 Å². The summed E-state index contributed by atoms with van der Waals surface area (Å²) in [6.07, 6.45) is 5.29. The quantitative estimate of drug-likeness (QED) is 0.0421. The number of fused-ring (bicyclic) bond motifs is 3. The number of thiazole rings is 1. The number of hydrogen-bond donors (Lipinski definition) is 4. The standard InChI is InChI=1S/C52H64F4N6O6S/c1-32-24-38-37-14-9-10-15-41(37)59-45(38)46(62(32)29-52(55,56)30-63)44-39(53)25-36(26-40(44)54)68-23-12-8-6-7-11-22-67-28-43(64)60-48(51(3,4)5)50(66)61-21-13-16-42(61)49(65)57-27-34-17-19-35(20-18-34)47-33(2)58-31-69-47/h9-10,14-15,17-20,25-26,31-32,42,46,48,59,63H,6-8,11-13,16,21-24,27-30H2,1-5H3,(H,57,65)(H,60,64)/t32-,42+,46-,48-/m1/s1. The van der Waals surface area contributed by atoms with Crippen LogP contribution in [-0.2, 0) is 32.1 Å². The molecule has 4 heterocycles. The molecule has 0 spiro atoms. The number of nitrogens with one attached hydrogen (secondary N) is 3. The number of para-hydroxylation sites is 1. The molecule has 0 unspecified atom stereocenters. The number of ether oxygens (including phenoxy) is 2. The van der Waals surface area contributed by atoms with Gasteiger partial charge in [-0.2, -0.15) is 0 Å². The van der Waals surface area contributed by atoms with Gasteiger partial charge in [0.2, 0.25) is 17.7 Å². The first-order chi connectivity index (χ1) is 33.0. The van der Waals surface area contributed by atoms with Gasteiger partial charge in [0, 0.05) is 60.0 Å². The lowest BCUT2D eigenvalue weighted by atomic mass is 9.85. The van der Waals surface area contributed by atoms with Gasteiger partial charge in [-0.1, -0.05) is 82.5 Å². The number of aliphatic hydroxyl groups excluding tert-OH is 1. The fourth-order valence-corrected chi connectivity index (χ4v) is 10.3. The number of carbonyl (C=O) groups is 3. The molecule has 1 fully saturated rings. The van der Waals surface area contributed by atoms with Gasteiger partial charge in [-0.05, 0) is 74.1 Å². The van der Waals surface area contributed by atoms with Gasteiger partial charge in [0.25, 0.3) is 5.92 Å². The van der Waals surface area contributed by atoms with Gasteiger partial charge in [-0.3, -0.25) is 19.3 Å². The van der Waals surface area contributed by atoms with Crippen LogP contribution in [0, 0.1) is 24.0 Å². The van der Waals surface area contributed by atoms with Crippen molar-refractivity contribution in [2.24, 2.45) is 5.41 Å². The molecule has 4 N–H and O–H groups in total. The highest BCUT2D eigenvalue weighted by molar-refractivity contribution is 7.13. The number of aliphatic hydroxyl groups is 1. The molecule has 372 valence electrons. The van der Waals surface area contributed by atoms with Crippen molar-refractivity contribution in [3.05, 3.63) is 106 Å². The molecule has 7 rings (SSSR count). The summed E-state index contributed by atoms with van der Waals surface area (Å²) in [5.41, 5.74) is 5.79. The second-order valence-corrected chi connectivity index (χ2v) is 20.3. The summed E-state index contributed by atoms with van der Waals surface area (Å²) in [6.45, 7) is 8.10. The fraction of sp³-hybridized carbons (Fsp3) is 0.500. The molecule has 2 aromatic heterocycles. The molecule has 0 aliphatic carbocycles. The van der Waals surface area contributed by atoms with Crippen LogP contribution >= 0.6 is 11.3 Å². The zero-order chi connectivity index (χ0) is 49.5. The Morgan fingerprint density at radius 2 is 1.68 bits per heavy atom. The van der Waals surface area contributed by atoms with E-state index in [4.69, 9.17) is 9.47 Å². The van der Waals surface area contributed by atoms with Gasteiger partial charge in [-0.15, -0.1) is 11.3 Å². The van der Waals surface area contributed by atoms with Crippen LogP contribution in [0.3, 0.4) is 0 Å². The molecule has 5 aromatic rings. The van der Waals surface area contributed by atoms with E-state index in [9.17, 15) is 28.3 Å². The summed E-state index contributed by atoms with van der Waals surface area (Å²) in [6, 6.07) is 14.3. The number of aromatic amines is 1. The molecule has 3 aromatic carbocycles. The number of halogens is 4. The monoisotopic (exact) mass is 976 g/mol. The summed E-state index contributed by atoms with van der Waals surface area (Å²) < 4.78 is 72.7. The zero-order valence-electron chi connectivity index (χ0n) is 40.0. The minimum absolute atomic E-state index is 0.00855. The van der Waals surface area contributed by atoms with E-state index in [1.54, 1.807) is 23.2 Å². The van der Waals surface area contributed by atoms with E-state index in [-0.39, 0.29) is 36.3 Å². The first-order valence-electron chi connectivity index (χ1n) is 23.9. The molecule has 17 heteroatoms. The van der Waals surface area contributed by atoms with Crippen molar-refractivity contribution in [1.82, 2.24) is 30.4 Å². The third kappa shape index (κ3) is 12.5. The van der Waals surface area contributed by atoms with Crippen molar-refractivity contribution < 1.29 is 46.5 Å². The van der Waals surface area contributed by atoms with Gasteiger partial charge >= 0.3 is 0 Å². The molecule has 1 saturated heterocycles. The summed E-state index contributed by atoms with van der Waals surface area (Å²) in [5.74, 6) is -6.29. The van der Waals surface area contributed by atoms with Gasteiger partial charge < -0.3 is 35.1 Å². The first kappa shape index (κ1) is 51.5. The number of hydrogen-bond acceptors (Lipinski definition) is 9. The fourth-order valence-electron chi connectivity index (χ4n) is 9.46. The van der Waals surface area contributed by atoms with Crippen LogP contribution in [0.5, 0.6) is 5.75 Å². The number of likely N-dealkylation sites (tertiary alicyclic amines) is 1. The number of aryl methyl sites for hydroxylation is 1. The van der Waals surface area contributed by atoms with Crippen LogP contribution < -0.4 is 15.4 Å². The second kappa shape index (κ2) is 22.6. The van der Waals surface area contributed by atoms with Crippen LogP contribution in [0.4, 0.5) is 17.6 Å². The van der Waals surface area contributed by atoms with E-state index in [1.165, 1.54) is 4.90 Å². The van der Waals surface area contributed by atoms with E-state index in [0.717, 1.165) is 69.6 Å². The largest absolute Gasteiger partial charge is 0.493 e. The number of rotatable bonds is 21. The Balaban J connectivity index is 0.822. The predicted molar refractivity (Wildman–Crippen MR) is 258 cm³/mol. The van der Waals surface area contributed by atoms with Gasteiger partial charge in [-0.25, -0.2) is 22.5 Å². The maximum atomic E-state index is 16.0. The minimum atomic E-state index is -3.49. The Kier molecular flexibility index (Phi) is 16.9. The molecule has 3 amide bonds. The average Bonchev–Trinajstić information content (AvgIpc) is 4.07. The van der Waals surface area contributed by atoms with Crippen molar-refractivity contribution in [1.29, 1.82) is 0 Å². The van der Waals surface area contributed by atoms with Crippen LogP contribution in [-0.4, -0.2) is 106 Å². The van der Waals surface area contributed by atoms with Crippen molar-refractivity contribution in [2.75, 3.05) is 39.5 Å². The topological polar surface area (TPSA) is 149 Å². The maximum absolute atomic E-state index is 16.0. The second-order valence-electron chi connectivity index (χ2n) is 19.4. The van der Waals surface area contributed by atoms with Crippen LogP contribution in [0.1, 0.15) is 107 Å². The molecule has 2 aliphatic rings. The molecule has 4 atom stereocenters. The highest BCUT2D eigenvalue weighted by Crippen LogP contribution is 2.44. The van der Waals surface area contributed by atoms with Gasteiger partial charge in [0.15, 0.2) is 0 Å². The lowest BCUT2D eigenvalue weighted by Gasteiger charge is -2.42. The smallest absolute Gasteiger partial charge is 0.283 e. The number of nitrogens with zero attached hydrogens (tertiary/aromatic N) is 3. The number of carbonyl (C=O) groups excluding carboxylic acids is 3. The van der Waals surface area contributed by atoms with E-state index < -0.39 is 66.2 Å². The van der Waals surface area contributed by atoms with Crippen LogP contribution in [0.15, 0.2) is 66.2 Å². The lowest BCUT2D eigenvalue weighted by molar-refractivity contribution is -0.144. The van der Waals surface area contributed by atoms with Crippen LogP contribution in [0.2, 0.25) is 0 Å². The van der Waals surface area contributed by atoms with Crippen molar-refractivity contribution in [2.45, 2.75) is 123 Å². The van der Waals surface area contributed by atoms with Crippen molar-refractivity contribution in [3.63, 3.8) is 0 Å². The van der Waals surface area contributed by atoms with Gasteiger partial charge in [0.05, 0.1) is 35.3 Å². The maximum Gasteiger partial charge on any atom is 0.283 e. The lowest BCUT2D eigenvalue weighted by Crippen LogP contribution is -2.58. The molecule has 0 bridgehead atoms. The number of benzene rings is 3. The summed E-state index contributed by atoms with van der Waals surface area (Å²) in [7, 11) is 0. The Morgan fingerprint density at radius 3 is 2.36 bits per heavy atom. The molecule has 0 radical (unpaired) electrons. The first-order valence-corrected chi connectivity index (χ1v) is 24.7. The van der Waals surface area contributed by atoms with Gasteiger partial charge in [0.1, 0.15) is 42.7 Å². The zero-order valence-corrected chi connectivity index (χ0v) is 40.8. The van der Waals surface area contributed by atoms with E-state index in [1.807, 2.05) is 81.7 Å². The summed E-state index contributed by atoms with van der Waals surface area (Å²) in [4.78, 5) is 52.0. The molecule has 0 saturated carbocycles. The number of aromatic nitrogens is 2. The Bertz CT molecular complexity index is 2540. The Labute approximate surface area is 405 Å². The predicted octanol–water partition coefficient (Wildman–Crippen LogP) is 9.03. The normalized spacial score (nSPS) is 18.1. The molecule has 69 heavy (non-hydrogen) atoms. The third-order valence-corrected chi connectivity index (χ3v) is 14.1. The minimum Gasteiger partial charge on any atom is -0.493 e. The number of unbranched alkanes of at least 4 members (excludes halogenated alkanes) is 4. The molecular weight excluding hydrogens is 913 g/mol. The Morgan fingerprint density at radius 1 is 0.986 bits per heavy atom. The van der Waals surface area contributed by atoms with Crippen molar-refractivity contribution in [3.8, 4) is 16.2 Å². The third-order valence-electron chi connectivity index (χ3n) is 13.1. The number of amides is 3. The SMILES string of the molecule is Cc1ncsc1-c1ccc(CNC(=O)[C@@H]2CCCN2C(=O)[C@@H](NC(=O)COCCCCCCCOc2cc(F)c([C@@H]3c4[nH]c5ccccc5c4C[C@@H](C)N3CC(F)(F)CO)c(F)c2)C(C)(C)C)cc1. The summed E-state index contributed by atoms with van der Waals surface area (Å²) in [5, 5.41) is 16.1. The number of alkyl halides is 2. The summed E-state index contributed by atoms with van der Waals surface area (Å²) >= 11 is 1.58. The van der Waals surface area contributed by atoms with Crippen LogP contribution in [0.25, 0.3) is 21.3 Å². The number of H-pyrrole nitrogens is 1. The average molecular weight is 977 g/mol. The molecular formula is C52H64F4N6O6S. The highest BCUT2D eigenvalue weighted by atomic mass is 32.1. The molecule has 12 nitrogen and oxygen atoms in total. The Hall–Kier alpha value is -5.36. The van der Waals surface area contributed by atoms with E-state index in [0.29, 0.717) is 57.5 Å². The van der Waals surface area contributed by atoms with E-state index in [2.05, 4.69) is 20.6 Å². The highest BCUT2D eigenvalue weighted by Gasteiger charge is 2.44. The van der Waals surface area contributed by atoms with Crippen molar-refractivity contribution >= 4 is 40.0 Å². The molecule has 2 aliphatic heterocycles.